The van der Waals surface area contributed by atoms with Crippen LogP contribution in [0.1, 0.15) is 37.8 Å². The maximum atomic E-state index is 13.7. The second-order valence-electron chi connectivity index (χ2n) is 8.17. The van der Waals surface area contributed by atoms with Crippen LogP contribution in [0, 0.1) is 6.92 Å². The summed E-state index contributed by atoms with van der Waals surface area (Å²) in [4.78, 5) is 28.0. The normalized spacial score (nSPS) is 12.2. The van der Waals surface area contributed by atoms with Gasteiger partial charge in [-0.3, -0.25) is 13.9 Å². The number of carbonyl (C=O) groups excluding carboxylic acids is 2. The van der Waals surface area contributed by atoms with Crippen LogP contribution in [0.4, 0.5) is 5.69 Å². The monoisotopic (exact) mass is 561 g/mol. The van der Waals surface area contributed by atoms with Gasteiger partial charge in [0.1, 0.15) is 12.6 Å². The number of benzene rings is 2. The summed E-state index contributed by atoms with van der Waals surface area (Å²) in [5.74, 6) is -0.878. The van der Waals surface area contributed by atoms with E-state index in [9.17, 15) is 18.0 Å². The Hall–Kier alpha value is -2.00. The number of nitrogens with zero attached hydrogens (tertiary/aromatic N) is 2. The van der Waals surface area contributed by atoms with E-state index in [4.69, 9.17) is 34.8 Å². The first-order valence-corrected chi connectivity index (χ1v) is 14.1. The summed E-state index contributed by atoms with van der Waals surface area (Å²) in [6.07, 6.45) is 2.07. The first kappa shape index (κ1) is 29.2. The molecule has 0 heterocycles. The van der Waals surface area contributed by atoms with Crippen molar-refractivity contribution in [2.75, 3.05) is 23.7 Å². The van der Waals surface area contributed by atoms with Crippen LogP contribution in [0.3, 0.4) is 0 Å². The highest BCUT2D eigenvalue weighted by Crippen LogP contribution is 2.28. The number of rotatable bonds is 11. The maximum Gasteiger partial charge on any atom is 0.244 e. The van der Waals surface area contributed by atoms with Gasteiger partial charge in [0.2, 0.25) is 21.8 Å². The van der Waals surface area contributed by atoms with Crippen molar-refractivity contribution < 1.29 is 18.0 Å². The zero-order valence-electron chi connectivity index (χ0n) is 20.1. The van der Waals surface area contributed by atoms with Crippen molar-refractivity contribution in [2.45, 2.75) is 46.2 Å². The largest absolute Gasteiger partial charge is 0.354 e. The summed E-state index contributed by atoms with van der Waals surface area (Å²) in [7, 11) is -3.86. The molecule has 1 N–H and O–H groups in total. The number of sulfonamides is 1. The molecule has 7 nitrogen and oxygen atoms in total. The van der Waals surface area contributed by atoms with Gasteiger partial charge in [0, 0.05) is 28.2 Å². The predicted octanol–water partition coefficient (Wildman–Crippen LogP) is 5.05. The second-order valence-corrected chi connectivity index (χ2v) is 11.4. The van der Waals surface area contributed by atoms with E-state index in [0.29, 0.717) is 44.8 Å². The predicted molar refractivity (Wildman–Crippen MR) is 143 cm³/mol. The van der Waals surface area contributed by atoms with Gasteiger partial charge in [0.25, 0.3) is 0 Å². The first-order chi connectivity index (χ1) is 16.4. The van der Waals surface area contributed by atoms with Crippen molar-refractivity contribution in [3.8, 4) is 0 Å². The number of hydrogen-bond donors (Lipinski definition) is 1. The highest BCUT2D eigenvalue weighted by molar-refractivity contribution is 7.92. The fourth-order valence-electron chi connectivity index (χ4n) is 3.56. The van der Waals surface area contributed by atoms with Crippen LogP contribution < -0.4 is 9.62 Å². The van der Waals surface area contributed by atoms with E-state index in [-0.39, 0.29) is 12.5 Å². The summed E-state index contributed by atoms with van der Waals surface area (Å²) in [6, 6.07) is 8.86. The third-order valence-electron chi connectivity index (χ3n) is 5.41. The van der Waals surface area contributed by atoms with Crippen LogP contribution in [-0.4, -0.2) is 50.5 Å². The Balaban J connectivity index is 2.50. The van der Waals surface area contributed by atoms with Gasteiger partial charge in [-0.1, -0.05) is 60.8 Å². The molecular formula is C24H30Cl3N3O4S. The molecule has 192 valence electrons. The molecule has 0 aliphatic rings. The van der Waals surface area contributed by atoms with E-state index >= 15 is 0 Å². The number of amides is 2. The van der Waals surface area contributed by atoms with Crippen LogP contribution in [0.25, 0.3) is 0 Å². The van der Waals surface area contributed by atoms with Crippen LogP contribution in [0.15, 0.2) is 36.4 Å². The number of carbonyl (C=O) groups is 2. The lowest BCUT2D eigenvalue weighted by Gasteiger charge is -2.33. The highest BCUT2D eigenvalue weighted by atomic mass is 35.5. The van der Waals surface area contributed by atoms with Gasteiger partial charge in [-0.25, -0.2) is 8.42 Å². The van der Waals surface area contributed by atoms with Crippen LogP contribution in [-0.2, 0) is 26.2 Å². The Bertz CT molecular complexity index is 1170. The van der Waals surface area contributed by atoms with Crippen LogP contribution in [0.5, 0.6) is 0 Å². The van der Waals surface area contributed by atoms with Crippen molar-refractivity contribution in [2.24, 2.45) is 0 Å². The van der Waals surface area contributed by atoms with Crippen molar-refractivity contribution in [1.82, 2.24) is 10.2 Å². The summed E-state index contributed by atoms with van der Waals surface area (Å²) in [6.45, 7) is 5.38. The van der Waals surface area contributed by atoms with Crippen molar-refractivity contribution in [1.29, 1.82) is 0 Å². The maximum absolute atomic E-state index is 13.7. The Morgan fingerprint density at radius 1 is 1.03 bits per heavy atom. The molecule has 2 aromatic carbocycles. The molecule has 2 aromatic rings. The minimum atomic E-state index is -3.86. The van der Waals surface area contributed by atoms with E-state index < -0.39 is 28.5 Å². The van der Waals surface area contributed by atoms with E-state index in [1.807, 2.05) is 6.92 Å². The lowest BCUT2D eigenvalue weighted by molar-refractivity contribution is -0.140. The average Bonchev–Trinajstić information content (AvgIpc) is 2.78. The fourth-order valence-corrected chi connectivity index (χ4v) is 5.10. The molecule has 0 aliphatic carbocycles. The molecule has 35 heavy (non-hydrogen) atoms. The zero-order valence-corrected chi connectivity index (χ0v) is 23.2. The van der Waals surface area contributed by atoms with Crippen LogP contribution in [0.2, 0.25) is 15.1 Å². The zero-order chi connectivity index (χ0) is 26.3. The molecule has 0 radical (unpaired) electrons. The summed E-state index contributed by atoms with van der Waals surface area (Å²) < 4.78 is 26.4. The molecular weight excluding hydrogens is 533 g/mol. The fraction of sp³-hybridized carbons (Fsp3) is 0.417. The molecule has 0 unspecified atom stereocenters. The molecule has 0 aromatic heterocycles. The Labute approximate surface area is 222 Å². The first-order valence-electron chi connectivity index (χ1n) is 11.1. The summed E-state index contributed by atoms with van der Waals surface area (Å²) in [5.41, 5.74) is 1.50. The van der Waals surface area contributed by atoms with E-state index in [1.54, 1.807) is 44.2 Å². The van der Waals surface area contributed by atoms with Crippen LogP contribution >= 0.6 is 34.8 Å². The summed E-state index contributed by atoms with van der Waals surface area (Å²) in [5, 5.41) is 3.93. The van der Waals surface area contributed by atoms with Gasteiger partial charge >= 0.3 is 0 Å². The number of halogens is 3. The lowest BCUT2D eigenvalue weighted by atomic mass is 10.1. The molecule has 0 aliphatic heterocycles. The molecule has 2 rings (SSSR count). The molecule has 1 atom stereocenters. The molecule has 0 fully saturated rings. The third kappa shape index (κ3) is 8.00. The summed E-state index contributed by atoms with van der Waals surface area (Å²) >= 11 is 18.5. The Morgan fingerprint density at radius 2 is 1.66 bits per heavy atom. The molecule has 0 saturated heterocycles. The Kier molecular flexibility index (Phi) is 10.7. The van der Waals surface area contributed by atoms with Gasteiger partial charge < -0.3 is 10.2 Å². The Morgan fingerprint density at radius 3 is 2.23 bits per heavy atom. The molecule has 0 saturated carbocycles. The minimum absolute atomic E-state index is 0.000975. The van der Waals surface area contributed by atoms with E-state index in [1.165, 1.54) is 11.0 Å². The molecule has 2 amide bonds. The van der Waals surface area contributed by atoms with Gasteiger partial charge in [0.05, 0.1) is 11.9 Å². The quantitative estimate of drug-likeness (QED) is 0.415. The SMILES string of the molecule is CCCNC(=O)[C@H](CC)N(Cc1ccc(Cl)cc1Cl)C(=O)CN(c1cc(Cl)ccc1C)S(C)(=O)=O. The van der Waals surface area contributed by atoms with Gasteiger partial charge in [0.15, 0.2) is 0 Å². The van der Waals surface area contributed by atoms with E-state index in [2.05, 4.69) is 5.32 Å². The number of nitrogens with one attached hydrogen (secondary N) is 1. The van der Waals surface area contributed by atoms with E-state index in [0.717, 1.165) is 17.0 Å². The standard InChI is InChI=1S/C24H30Cl3N3O4S/c1-5-11-28-24(32)21(6-2)29(14-17-8-10-18(25)12-20(17)27)23(31)15-30(35(4,33)34)22-13-19(26)9-7-16(22)3/h7-10,12-13,21H,5-6,11,14-15H2,1-4H3,(H,28,32)/t21-/m0/s1. The van der Waals surface area contributed by atoms with Gasteiger partial charge in [-0.15, -0.1) is 0 Å². The topological polar surface area (TPSA) is 86.8 Å². The number of aryl methyl sites for hydroxylation is 1. The molecule has 0 bridgehead atoms. The number of hydrogen-bond acceptors (Lipinski definition) is 4. The van der Waals surface area contributed by atoms with Gasteiger partial charge in [-0.2, -0.15) is 0 Å². The average molecular weight is 563 g/mol. The van der Waals surface area contributed by atoms with Crippen molar-refractivity contribution >= 4 is 62.3 Å². The highest BCUT2D eigenvalue weighted by Gasteiger charge is 2.32. The molecule has 0 spiro atoms. The van der Waals surface area contributed by atoms with Gasteiger partial charge in [-0.05, 0) is 55.2 Å². The lowest BCUT2D eigenvalue weighted by Crippen LogP contribution is -2.52. The number of anilines is 1. The molecule has 11 heteroatoms. The van der Waals surface area contributed by atoms with Crippen molar-refractivity contribution in [3.63, 3.8) is 0 Å². The van der Waals surface area contributed by atoms with Crippen molar-refractivity contribution in [3.05, 3.63) is 62.6 Å². The second kappa shape index (κ2) is 12.8. The minimum Gasteiger partial charge on any atom is -0.354 e. The smallest absolute Gasteiger partial charge is 0.244 e. The third-order valence-corrected chi connectivity index (χ3v) is 7.36.